The van der Waals surface area contributed by atoms with Gasteiger partial charge < -0.3 is 14.3 Å². The molecular formula is C18H21NO6. The highest BCUT2D eigenvalue weighted by Crippen LogP contribution is 2.25. The van der Waals surface area contributed by atoms with Crippen molar-refractivity contribution in [3.63, 3.8) is 0 Å². The molecule has 0 aliphatic heterocycles. The fraction of sp³-hybridized carbons (Fsp3) is 0.389. The summed E-state index contributed by atoms with van der Waals surface area (Å²) in [5.74, 6) is -1.88. The molecule has 7 heteroatoms. The van der Waals surface area contributed by atoms with E-state index in [0.717, 1.165) is 10.8 Å². The average molecular weight is 352 g/mol. The van der Waals surface area contributed by atoms with Crippen LogP contribution in [0.1, 0.15) is 38.0 Å². The molecule has 134 valence electrons. The second-order valence-corrected chi connectivity index (χ2v) is 5.14. The van der Waals surface area contributed by atoms with Gasteiger partial charge in [0.2, 0.25) is 0 Å². The Morgan fingerprint density at radius 2 is 2.04 bits per heavy atom. The Labute approximate surface area is 152 Å². The zero-order valence-electron chi connectivity index (χ0n) is 18.6. The number of fused-ring (bicyclic) bond motifs is 1. The molecule has 0 radical (unpaired) electrons. The first-order chi connectivity index (χ1) is 13.9. The van der Waals surface area contributed by atoms with Crippen LogP contribution in [0.5, 0.6) is 5.75 Å². The van der Waals surface area contributed by atoms with Gasteiger partial charge in [-0.2, -0.15) is 0 Å². The Balaban J connectivity index is 2.11. The lowest BCUT2D eigenvalue weighted by atomic mass is 9.98. The normalized spacial score (nSPS) is 15.8. The molecule has 7 nitrogen and oxygen atoms in total. The van der Waals surface area contributed by atoms with Crippen molar-refractivity contribution in [1.29, 1.82) is 0 Å². The molecule has 0 bridgehead atoms. The van der Waals surface area contributed by atoms with Gasteiger partial charge in [0.05, 0.1) is 28.9 Å². The predicted molar refractivity (Wildman–Crippen MR) is 92.1 cm³/mol. The Morgan fingerprint density at radius 3 is 2.76 bits per heavy atom. The standard InChI is InChI=1S/C18H21NO6/c1-13(18(20)24-9-3-4-10-25-19(21)22)14-5-6-16-12-17(23-2)8-7-15(16)11-14/h5-8,11-13H,3-4,9-10H2,1-2H3/t13-/m0/s1/i1D3,10D2. The van der Waals surface area contributed by atoms with E-state index in [1.165, 1.54) is 13.2 Å². The largest absolute Gasteiger partial charge is 0.497 e. The van der Waals surface area contributed by atoms with Crippen molar-refractivity contribution >= 4 is 16.7 Å². The zero-order chi connectivity index (χ0) is 22.5. The number of carbonyl (C=O) groups is 1. The van der Waals surface area contributed by atoms with E-state index >= 15 is 0 Å². The van der Waals surface area contributed by atoms with E-state index in [1.54, 1.807) is 30.3 Å². The molecule has 0 amide bonds. The highest BCUT2D eigenvalue weighted by Gasteiger charge is 2.17. The molecule has 25 heavy (non-hydrogen) atoms. The number of carbonyl (C=O) groups excluding carboxylic acids is 1. The summed E-state index contributed by atoms with van der Waals surface area (Å²) < 4.78 is 48.1. The number of hydrogen-bond acceptors (Lipinski definition) is 6. The minimum absolute atomic E-state index is 0.0855. The first-order valence-electron chi connectivity index (χ1n) is 10.0. The van der Waals surface area contributed by atoms with Crippen LogP contribution in [0.3, 0.4) is 0 Å². The van der Waals surface area contributed by atoms with E-state index < -0.39 is 36.8 Å². The first-order valence-corrected chi connectivity index (χ1v) is 7.51. The van der Waals surface area contributed by atoms with Crippen molar-refractivity contribution in [3.8, 4) is 5.75 Å². The third kappa shape index (κ3) is 5.34. The molecule has 0 N–H and O–H groups in total. The van der Waals surface area contributed by atoms with Gasteiger partial charge >= 0.3 is 5.97 Å². The summed E-state index contributed by atoms with van der Waals surface area (Å²) in [6.07, 6.45) is -0.491. The van der Waals surface area contributed by atoms with Crippen molar-refractivity contribution < 1.29 is 31.0 Å². The van der Waals surface area contributed by atoms with Crippen LogP contribution in [0, 0.1) is 10.1 Å². The summed E-state index contributed by atoms with van der Waals surface area (Å²) in [6, 6.07) is 10.1. The molecule has 0 saturated heterocycles. The Hall–Kier alpha value is -2.83. The van der Waals surface area contributed by atoms with Crippen LogP contribution in [0.15, 0.2) is 36.4 Å². The van der Waals surface area contributed by atoms with Gasteiger partial charge in [-0.15, -0.1) is 10.1 Å². The van der Waals surface area contributed by atoms with Gasteiger partial charge in [0.15, 0.2) is 0 Å². The molecule has 2 aromatic carbocycles. The van der Waals surface area contributed by atoms with Gasteiger partial charge in [-0.25, -0.2) is 0 Å². The van der Waals surface area contributed by atoms with Crippen LogP contribution in [-0.2, 0) is 14.4 Å². The lowest BCUT2D eigenvalue weighted by molar-refractivity contribution is -0.757. The maximum absolute atomic E-state index is 12.5. The summed E-state index contributed by atoms with van der Waals surface area (Å²) in [5.41, 5.74) is 0.254. The van der Waals surface area contributed by atoms with Crippen LogP contribution < -0.4 is 4.74 Å². The van der Waals surface area contributed by atoms with Crippen LogP contribution in [0.2, 0.25) is 0 Å². The molecule has 0 saturated carbocycles. The molecule has 0 heterocycles. The zero-order valence-corrected chi connectivity index (χ0v) is 13.6. The lowest BCUT2D eigenvalue weighted by Crippen LogP contribution is -2.14. The third-order valence-electron chi connectivity index (χ3n) is 3.45. The summed E-state index contributed by atoms with van der Waals surface area (Å²) >= 11 is 0. The molecule has 0 aromatic heterocycles. The molecule has 0 unspecified atom stereocenters. The van der Waals surface area contributed by atoms with Gasteiger partial charge in [-0.1, -0.05) is 24.3 Å². The molecule has 0 fully saturated rings. The number of ether oxygens (including phenoxy) is 2. The van der Waals surface area contributed by atoms with E-state index in [4.69, 9.17) is 16.3 Å². The van der Waals surface area contributed by atoms with Gasteiger partial charge in [-0.05, 0) is 48.2 Å². The highest BCUT2D eigenvalue weighted by atomic mass is 16.9. The topological polar surface area (TPSA) is 87.9 Å². The smallest absolute Gasteiger partial charge is 0.313 e. The first kappa shape index (κ1) is 12.5. The van der Waals surface area contributed by atoms with Gasteiger partial charge in [0.25, 0.3) is 5.09 Å². The Morgan fingerprint density at radius 1 is 1.28 bits per heavy atom. The van der Waals surface area contributed by atoms with Gasteiger partial charge in [-0.3, -0.25) is 4.79 Å². The quantitative estimate of drug-likeness (QED) is 0.297. The number of nitrogens with zero attached hydrogens (tertiary/aromatic N) is 1. The SMILES string of the molecule is [2H]C([2H])(CCCOC(=O)[C@H](c1ccc2cc(OC)ccc2c1)C([2H])([2H])[2H])O[N+](=O)[O-]. The average Bonchev–Trinajstić information content (AvgIpc) is 2.62. The molecule has 0 aliphatic carbocycles. The van der Waals surface area contributed by atoms with E-state index in [9.17, 15) is 14.9 Å². The molecule has 1 atom stereocenters. The minimum Gasteiger partial charge on any atom is -0.497 e. The van der Waals surface area contributed by atoms with Crippen molar-refractivity contribution in [2.75, 3.05) is 20.3 Å². The summed E-state index contributed by atoms with van der Waals surface area (Å²) in [7, 11) is 1.53. The maximum Gasteiger partial charge on any atom is 0.313 e. The highest BCUT2D eigenvalue weighted by molar-refractivity contribution is 5.86. The molecular weight excluding hydrogens is 326 g/mol. The molecule has 2 rings (SSSR count). The fourth-order valence-corrected chi connectivity index (χ4v) is 2.18. The van der Waals surface area contributed by atoms with E-state index in [2.05, 4.69) is 4.84 Å². The van der Waals surface area contributed by atoms with Crippen molar-refractivity contribution in [1.82, 2.24) is 0 Å². The number of esters is 1. The lowest BCUT2D eigenvalue weighted by Gasteiger charge is -2.13. The fourth-order valence-electron chi connectivity index (χ4n) is 2.18. The Kier molecular flexibility index (Phi) is 4.44. The van der Waals surface area contributed by atoms with E-state index in [0.29, 0.717) is 5.75 Å². The number of methoxy groups -OCH3 is 1. The van der Waals surface area contributed by atoms with Crippen LogP contribution >= 0.6 is 0 Å². The van der Waals surface area contributed by atoms with Gasteiger partial charge in [0.1, 0.15) is 5.75 Å². The third-order valence-corrected chi connectivity index (χ3v) is 3.45. The monoisotopic (exact) mass is 352 g/mol. The van der Waals surface area contributed by atoms with Crippen LogP contribution in [0.25, 0.3) is 10.8 Å². The molecule has 0 spiro atoms. The van der Waals surface area contributed by atoms with Crippen LogP contribution in [-0.4, -0.2) is 31.3 Å². The van der Waals surface area contributed by atoms with E-state index in [1.807, 2.05) is 0 Å². The predicted octanol–water partition coefficient (Wildman–Crippen LogP) is 3.48. The Bertz CT molecular complexity index is 918. The summed E-state index contributed by atoms with van der Waals surface area (Å²) in [5, 5.41) is 10.5. The van der Waals surface area contributed by atoms with Crippen molar-refractivity contribution in [2.24, 2.45) is 0 Å². The maximum atomic E-state index is 12.5. The number of hydrogen-bond donors (Lipinski definition) is 0. The second-order valence-electron chi connectivity index (χ2n) is 5.14. The second kappa shape index (κ2) is 8.86. The van der Waals surface area contributed by atoms with Crippen LogP contribution in [0.4, 0.5) is 0 Å². The van der Waals surface area contributed by atoms with Crippen molar-refractivity contribution in [3.05, 3.63) is 52.1 Å². The van der Waals surface area contributed by atoms with E-state index in [-0.39, 0.29) is 18.6 Å². The minimum atomic E-state index is -2.67. The number of rotatable bonds is 9. The van der Waals surface area contributed by atoms with Crippen molar-refractivity contribution in [2.45, 2.75) is 25.6 Å². The molecule has 0 aliphatic rings. The summed E-state index contributed by atoms with van der Waals surface area (Å²) in [4.78, 5) is 26.6. The van der Waals surface area contributed by atoms with Gasteiger partial charge in [0, 0.05) is 4.11 Å². The molecule has 2 aromatic rings. The summed E-state index contributed by atoms with van der Waals surface area (Å²) in [6.45, 7) is -5.50. The number of benzene rings is 2.